The topological polar surface area (TPSA) is 105 Å². The van der Waals surface area contributed by atoms with Crippen molar-refractivity contribution in [3.05, 3.63) is 76.1 Å². The Kier molecular flexibility index (Phi) is 8.64. The number of amides is 2. The van der Waals surface area contributed by atoms with Crippen molar-refractivity contribution >= 4 is 23.2 Å². The standard InChI is InChI=1S/C30H36N4O6/c1-39-25-10-7-22(8-11-25)19-28-30(36)32(21-23-5-3-2-4-6-23)13-14-33(28)26-12-9-24(20-27(26)34(37)38)29(35)31-15-17-40-18-16-31/h7-14,20,23,28H,2-6,15-19,21H2,1H3/t28-/m0/s1. The van der Waals surface area contributed by atoms with Gasteiger partial charge in [0, 0.05) is 50.1 Å². The van der Waals surface area contributed by atoms with Crippen molar-refractivity contribution in [2.24, 2.45) is 5.92 Å². The summed E-state index contributed by atoms with van der Waals surface area (Å²) < 4.78 is 10.6. The van der Waals surface area contributed by atoms with E-state index in [1.807, 2.05) is 24.3 Å². The summed E-state index contributed by atoms with van der Waals surface area (Å²) in [6, 6.07) is 11.3. The predicted molar refractivity (Wildman–Crippen MR) is 150 cm³/mol. The summed E-state index contributed by atoms with van der Waals surface area (Å²) in [4.78, 5) is 43.9. The molecule has 0 radical (unpaired) electrons. The molecule has 2 aromatic rings. The van der Waals surface area contributed by atoms with Gasteiger partial charge in [0.1, 0.15) is 17.5 Å². The van der Waals surface area contributed by atoms with Crippen molar-refractivity contribution in [3.63, 3.8) is 0 Å². The monoisotopic (exact) mass is 548 g/mol. The van der Waals surface area contributed by atoms with Gasteiger partial charge in [-0.15, -0.1) is 0 Å². The molecule has 0 spiro atoms. The quantitative estimate of drug-likeness (QED) is 0.356. The maximum atomic E-state index is 13.9. The van der Waals surface area contributed by atoms with Gasteiger partial charge in [0.25, 0.3) is 11.6 Å². The fraction of sp³-hybridized carbons (Fsp3) is 0.467. The second-order valence-electron chi connectivity index (χ2n) is 10.6. The number of nitrogens with zero attached hydrogens (tertiary/aromatic N) is 4. The molecular formula is C30H36N4O6. The lowest BCUT2D eigenvalue weighted by Gasteiger charge is -2.38. The summed E-state index contributed by atoms with van der Waals surface area (Å²) in [6.45, 7) is 2.42. The molecule has 2 fully saturated rings. The number of morpholine rings is 1. The Morgan fingerprint density at radius 1 is 1.05 bits per heavy atom. The summed E-state index contributed by atoms with van der Waals surface area (Å²) in [5.74, 6) is 0.809. The van der Waals surface area contributed by atoms with Crippen molar-refractivity contribution < 1.29 is 24.0 Å². The van der Waals surface area contributed by atoms with Crippen molar-refractivity contribution in [2.45, 2.75) is 44.6 Å². The Morgan fingerprint density at radius 2 is 1.77 bits per heavy atom. The Labute approximate surface area is 234 Å². The van der Waals surface area contributed by atoms with Crippen LogP contribution in [-0.2, 0) is 16.0 Å². The van der Waals surface area contributed by atoms with Crippen molar-refractivity contribution in [1.29, 1.82) is 0 Å². The zero-order chi connectivity index (χ0) is 28.1. The summed E-state index contributed by atoms with van der Waals surface area (Å²) >= 11 is 0. The van der Waals surface area contributed by atoms with Crippen LogP contribution in [0.4, 0.5) is 11.4 Å². The highest BCUT2D eigenvalue weighted by Crippen LogP contribution is 2.35. The van der Waals surface area contributed by atoms with Crippen LogP contribution in [0, 0.1) is 16.0 Å². The molecule has 2 aliphatic heterocycles. The van der Waals surface area contributed by atoms with Crippen LogP contribution < -0.4 is 9.64 Å². The van der Waals surface area contributed by atoms with Crippen molar-refractivity contribution in [2.75, 3.05) is 44.9 Å². The first-order valence-electron chi connectivity index (χ1n) is 14.0. The van der Waals surface area contributed by atoms with Gasteiger partial charge in [0.2, 0.25) is 5.91 Å². The average molecular weight is 549 g/mol. The number of methoxy groups -OCH3 is 1. The number of carbonyl (C=O) groups is 2. The molecule has 0 unspecified atom stereocenters. The molecule has 1 aliphatic carbocycles. The Morgan fingerprint density at radius 3 is 2.45 bits per heavy atom. The number of nitro benzene ring substituents is 1. The van der Waals surface area contributed by atoms with E-state index in [1.165, 1.54) is 25.3 Å². The van der Waals surface area contributed by atoms with Crippen LogP contribution in [0.2, 0.25) is 0 Å². The number of nitro groups is 1. The first kappa shape index (κ1) is 27.6. The highest BCUT2D eigenvalue weighted by atomic mass is 16.6. The lowest BCUT2D eigenvalue weighted by molar-refractivity contribution is -0.384. The molecule has 10 nitrogen and oxygen atoms in total. The lowest BCUT2D eigenvalue weighted by Crippen LogP contribution is -2.51. The third-order valence-corrected chi connectivity index (χ3v) is 8.07. The molecule has 0 aromatic heterocycles. The summed E-state index contributed by atoms with van der Waals surface area (Å²) in [6.07, 6.45) is 9.69. The van der Waals surface area contributed by atoms with Gasteiger partial charge in [0.05, 0.1) is 25.2 Å². The van der Waals surface area contributed by atoms with Crippen LogP contribution in [0.15, 0.2) is 54.9 Å². The molecule has 2 amide bonds. The molecule has 1 saturated carbocycles. The van der Waals surface area contributed by atoms with E-state index in [4.69, 9.17) is 9.47 Å². The van der Waals surface area contributed by atoms with E-state index >= 15 is 0 Å². The van der Waals surface area contributed by atoms with Gasteiger partial charge in [-0.1, -0.05) is 31.4 Å². The molecule has 0 N–H and O–H groups in total. The first-order chi connectivity index (χ1) is 19.4. The third-order valence-electron chi connectivity index (χ3n) is 8.07. The van der Waals surface area contributed by atoms with Crippen molar-refractivity contribution in [3.8, 4) is 5.75 Å². The van der Waals surface area contributed by atoms with E-state index in [0.717, 1.165) is 18.4 Å². The SMILES string of the molecule is COc1ccc(C[C@H]2C(=O)N(CC3CCCCC3)C=CN2c2ccc(C(=O)N3CCOCC3)cc2[N+](=O)[O-])cc1. The van der Waals surface area contributed by atoms with E-state index in [1.54, 1.807) is 46.3 Å². The Bertz CT molecular complexity index is 1250. The number of benzene rings is 2. The fourth-order valence-electron chi connectivity index (χ4n) is 5.83. The van der Waals surface area contributed by atoms with E-state index in [-0.39, 0.29) is 28.8 Å². The average Bonchev–Trinajstić information content (AvgIpc) is 3.00. The molecule has 1 atom stereocenters. The molecule has 5 rings (SSSR count). The smallest absolute Gasteiger partial charge is 0.293 e. The number of ether oxygens (including phenoxy) is 2. The zero-order valence-corrected chi connectivity index (χ0v) is 22.9. The van der Waals surface area contributed by atoms with Crippen LogP contribution in [-0.4, -0.2) is 72.5 Å². The number of hydrogen-bond donors (Lipinski definition) is 0. The molecular weight excluding hydrogens is 512 g/mol. The van der Waals surface area contributed by atoms with Crippen LogP contribution in [0.1, 0.15) is 48.0 Å². The van der Waals surface area contributed by atoms with E-state index in [2.05, 4.69) is 0 Å². The van der Waals surface area contributed by atoms with E-state index in [0.29, 0.717) is 50.9 Å². The van der Waals surface area contributed by atoms with E-state index < -0.39 is 11.0 Å². The number of hydrogen-bond acceptors (Lipinski definition) is 7. The largest absolute Gasteiger partial charge is 0.497 e. The van der Waals surface area contributed by atoms with Crippen LogP contribution >= 0.6 is 0 Å². The van der Waals surface area contributed by atoms with Gasteiger partial charge in [-0.2, -0.15) is 0 Å². The van der Waals surface area contributed by atoms with Gasteiger partial charge in [-0.3, -0.25) is 19.7 Å². The van der Waals surface area contributed by atoms with E-state index in [9.17, 15) is 19.7 Å². The molecule has 212 valence electrons. The number of carbonyl (C=O) groups excluding carboxylic acids is 2. The normalized spacial score (nSPS) is 20.1. The fourth-order valence-corrected chi connectivity index (χ4v) is 5.83. The molecule has 40 heavy (non-hydrogen) atoms. The molecule has 2 aromatic carbocycles. The lowest BCUT2D eigenvalue weighted by atomic mass is 9.88. The summed E-state index contributed by atoms with van der Waals surface area (Å²) in [7, 11) is 1.60. The highest BCUT2D eigenvalue weighted by molar-refractivity contribution is 5.96. The van der Waals surface area contributed by atoms with Gasteiger partial charge in [-0.05, 0) is 48.6 Å². The minimum Gasteiger partial charge on any atom is -0.497 e. The van der Waals surface area contributed by atoms with Gasteiger partial charge < -0.3 is 24.2 Å². The minimum atomic E-state index is -0.679. The highest BCUT2D eigenvalue weighted by Gasteiger charge is 2.36. The molecule has 10 heteroatoms. The second-order valence-corrected chi connectivity index (χ2v) is 10.6. The third kappa shape index (κ3) is 6.12. The van der Waals surface area contributed by atoms with Gasteiger partial charge >= 0.3 is 0 Å². The maximum Gasteiger partial charge on any atom is 0.293 e. The Hall–Kier alpha value is -3.92. The Balaban J connectivity index is 1.47. The van der Waals surface area contributed by atoms with Gasteiger partial charge in [0.15, 0.2) is 0 Å². The number of rotatable bonds is 8. The zero-order valence-electron chi connectivity index (χ0n) is 22.9. The molecule has 2 heterocycles. The molecule has 0 bridgehead atoms. The number of anilines is 1. The molecule has 1 saturated heterocycles. The molecule has 3 aliphatic rings. The summed E-state index contributed by atoms with van der Waals surface area (Å²) in [5, 5.41) is 12.3. The first-order valence-corrected chi connectivity index (χ1v) is 14.0. The van der Waals surface area contributed by atoms with Gasteiger partial charge in [-0.25, -0.2) is 0 Å². The maximum absolute atomic E-state index is 13.9. The van der Waals surface area contributed by atoms with Crippen molar-refractivity contribution in [1.82, 2.24) is 9.80 Å². The summed E-state index contributed by atoms with van der Waals surface area (Å²) in [5.41, 5.74) is 1.23. The predicted octanol–water partition coefficient (Wildman–Crippen LogP) is 4.39. The van der Waals surface area contributed by atoms with Crippen LogP contribution in [0.5, 0.6) is 5.75 Å². The minimum absolute atomic E-state index is 0.0911. The van der Waals surface area contributed by atoms with Crippen LogP contribution in [0.25, 0.3) is 0 Å². The van der Waals surface area contributed by atoms with Crippen LogP contribution in [0.3, 0.4) is 0 Å². The second kappa shape index (κ2) is 12.5.